The highest BCUT2D eigenvalue weighted by Gasteiger charge is 2.17. The lowest BCUT2D eigenvalue weighted by atomic mass is 10.3. The zero-order valence-electron chi connectivity index (χ0n) is 11.0. The van der Waals surface area contributed by atoms with Crippen LogP contribution in [0.2, 0.25) is 0 Å². The van der Waals surface area contributed by atoms with Crippen LogP contribution < -0.4 is 5.32 Å². The van der Waals surface area contributed by atoms with Crippen molar-refractivity contribution in [2.45, 2.75) is 44.2 Å². The minimum atomic E-state index is -3.81. The third-order valence-electron chi connectivity index (χ3n) is 2.64. The van der Waals surface area contributed by atoms with Crippen molar-refractivity contribution < 1.29 is 13.2 Å². The van der Waals surface area contributed by atoms with Crippen LogP contribution >= 0.6 is 10.7 Å². The molecule has 6 nitrogen and oxygen atoms in total. The molecule has 1 aromatic rings. The predicted octanol–water partition coefficient (Wildman–Crippen LogP) is 1.29. The van der Waals surface area contributed by atoms with Gasteiger partial charge in [0.15, 0.2) is 5.03 Å². The first kappa shape index (κ1) is 16.0. The van der Waals surface area contributed by atoms with Gasteiger partial charge in [-0.3, -0.25) is 4.79 Å². The SMILES string of the molecule is CCCc1nc(S(=O)(=O)Cl)cn1CCCC(=O)NC. The summed E-state index contributed by atoms with van der Waals surface area (Å²) in [6.45, 7) is 2.53. The lowest BCUT2D eigenvalue weighted by Gasteiger charge is -2.06. The van der Waals surface area contributed by atoms with Gasteiger partial charge in [-0.2, -0.15) is 0 Å². The molecule has 0 spiro atoms. The number of hydrogen-bond donors (Lipinski definition) is 1. The lowest BCUT2D eigenvalue weighted by Crippen LogP contribution is -2.18. The fourth-order valence-corrected chi connectivity index (χ4v) is 2.39. The molecule has 1 rings (SSSR count). The number of carbonyl (C=O) groups is 1. The van der Waals surface area contributed by atoms with Gasteiger partial charge in [0.2, 0.25) is 5.91 Å². The monoisotopic (exact) mass is 307 g/mol. The van der Waals surface area contributed by atoms with Crippen LogP contribution in [-0.4, -0.2) is 30.9 Å². The number of nitrogens with one attached hydrogen (secondary N) is 1. The van der Waals surface area contributed by atoms with Gasteiger partial charge >= 0.3 is 0 Å². The number of carbonyl (C=O) groups excluding carboxylic acids is 1. The van der Waals surface area contributed by atoms with E-state index in [1.54, 1.807) is 11.6 Å². The van der Waals surface area contributed by atoms with Crippen LogP contribution in [0.4, 0.5) is 0 Å². The van der Waals surface area contributed by atoms with Crippen molar-refractivity contribution in [3.05, 3.63) is 12.0 Å². The van der Waals surface area contributed by atoms with E-state index in [0.717, 1.165) is 6.42 Å². The van der Waals surface area contributed by atoms with E-state index >= 15 is 0 Å². The van der Waals surface area contributed by atoms with E-state index < -0.39 is 9.05 Å². The third-order valence-corrected chi connectivity index (χ3v) is 3.81. The van der Waals surface area contributed by atoms with Crippen LogP contribution in [-0.2, 0) is 26.8 Å². The summed E-state index contributed by atoms with van der Waals surface area (Å²) in [6.07, 6.45) is 3.97. The molecule has 0 aromatic carbocycles. The highest BCUT2D eigenvalue weighted by atomic mass is 35.7. The number of imidazole rings is 1. The number of hydrogen-bond acceptors (Lipinski definition) is 4. The van der Waals surface area contributed by atoms with E-state index in [0.29, 0.717) is 31.6 Å². The van der Waals surface area contributed by atoms with E-state index in [1.165, 1.54) is 6.20 Å². The molecular weight excluding hydrogens is 290 g/mol. The smallest absolute Gasteiger partial charge is 0.280 e. The highest BCUT2D eigenvalue weighted by molar-refractivity contribution is 8.13. The molecule has 1 heterocycles. The van der Waals surface area contributed by atoms with E-state index in [9.17, 15) is 13.2 Å². The summed E-state index contributed by atoms with van der Waals surface area (Å²) >= 11 is 0. The van der Waals surface area contributed by atoms with E-state index in [4.69, 9.17) is 10.7 Å². The van der Waals surface area contributed by atoms with E-state index in [-0.39, 0.29) is 10.9 Å². The molecule has 1 amide bonds. The predicted molar refractivity (Wildman–Crippen MR) is 72.6 cm³/mol. The third kappa shape index (κ3) is 4.83. The van der Waals surface area contributed by atoms with Crippen LogP contribution in [0.1, 0.15) is 32.0 Å². The second-order valence-electron chi connectivity index (χ2n) is 4.15. The van der Waals surface area contributed by atoms with Gasteiger partial charge in [-0.05, 0) is 12.8 Å². The molecule has 8 heteroatoms. The van der Waals surface area contributed by atoms with Crippen LogP contribution in [0, 0.1) is 0 Å². The Morgan fingerprint density at radius 2 is 2.21 bits per heavy atom. The van der Waals surface area contributed by atoms with Gasteiger partial charge in [0.05, 0.1) is 0 Å². The fourth-order valence-electron chi connectivity index (χ4n) is 1.70. The first-order chi connectivity index (χ1) is 8.88. The van der Waals surface area contributed by atoms with Crippen molar-refractivity contribution in [1.82, 2.24) is 14.9 Å². The normalized spacial score (nSPS) is 11.5. The van der Waals surface area contributed by atoms with Gasteiger partial charge in [0.25, 0.3) is 9.05 Å². The second-order valence-corrected chi connectivity index (χ2v) is 6.67. The zero-order chi connectivity index (χ0) is 14.5. The lowest BCUT2D eigenvalue weighted by molar-refractivity contribution is -0.120. The molecule has 19 heavy (non-hydrogen) atoms. The molecule has 0 unspecified atom stereocenters. The van der Waals surface area contributed by atoms with Crippen molar-refractivity contribution in [2.24, 2.45) is 0 Å². The van der Waals surface area contributed by atoms with Gasteiger partial charge in [-0.15, -0.1) is 0 Å². The molecule has 108 valence electrons. The number of halogens is 1. The Hall–Kier alpha value is -1.08. The first-order valence-electron chi connectivity index (χ1n) is 6.09. The van der Waals surface area contributed by atoms with Crippen LogP contribution in [0.5, 0.6) is 0 Å². The van der Waals surface area contributed by atoms with E-state index in [1.807, 2.05) is 6.92 Å². The molecular formula is C11H18ClN3O3S. The summed E-state index contributed by atoms with van der Waals surface area (Å²) in [5.41, 5.74) is 0. The molecule has 0 aliphatic rings. The zero-order valence-corrected chi connectivity index (χ0v) is 12.6. The van der Waals surface area contributed by atoms with E-state index in [2.05, 4.69) is 10.3 Å². The maximum Gasteiger partial charge on any atom is 0.280 e. The summed E-state index contributed by atoms with van der Waals surface area (Å²) in [5, 5.41) is 2.41. The molecule has 0 bridgehead atoms. The molecule has 0 aliphatic carbocycles. The topological polar surface area (TPSA) is 81.1 Å². The Labute approximate surface area is 117 Å². The summed E-state index contributed by atoms with van der Waals surface area (Å²) in [6, 6.07) is 0. The Kier molecular flexibility index (Phi) is 5.81. The maximum absolute atomic E-state index is 11.3. The first-order valence-corrected chi connectivity index (χ1v) is 8.40. The molecule has 0 saturated heterocycles. The fraction of sp³-hybridized carbons (Fsp3) is 0.636. The molecule has 0 fully saturated rings. The molecule has 0 aliphatic heterocycles. The average Bonchev–Trinajstić information content (AvgIpc) is 2.73. The Balaban J connectivity index is 2.80. The summed E-state index contributed by atoms with van der Waals surface area (Å²) < 4.78 is 24.3. The molecule has 0 saturated carbocycles. The van der Waals surface area contributed by atoms with Gasteiger partial charge in [-0.25, -0.2) is 13.4 Å². The Morgan fingerprint density at radius 1 is 1.53 bits per heavy atom. The van der Waals surface area contributed by atoms with Gasteiger partial charge < -0.3 is 9.88 Å². The number of amides is 1. The summed E-state index contributed by atoms with van der Waals surface area (Å²) in [4.78, 5) is 15.2. The minimum absolute atomic E-state index is 0.0395. The van der Waals surface area contributed by atoms with Gasteiger partial charge in [-0.1, -0.05) is 6.92 Å². The van der Waals surface area contributed by atoms with Crippen LogP contribution in [0.15, 0.2) is 11.2 Å². The van der Waals surface area contributed by atoms with Crippen molar-refractivity contribution >= 4 is 25.6 Å². The Morgan fingerprint density at radius 3 is 2.74 bits per heavy atom. The van der Waals surface area contributed by atoms with Crippen molar-refractivity contribution in [3.8, 4) is 0 Å². The molecule has 0 radical (unpaired) electrons. The van der Waals surface area contributed by atoms with Crippen LogP contribution in [0.3, 0.4) is 0 Å². The highest BCUT2D eigenvalue weighted by Crippen LogP contribution is 2.16. The number of aromatic nitrogens is 2. The quantitative estimate of drug-likeness (QED) is 0.770. The maximum atomic E-state index is 11.3. The van der Waals surface area contributed by atoms with Crippen molar-refractivity contribution in [3.63, 3.8) is 0 Å². The van der Waals surface area contributed by atoms with Crippen LogP contribution in [0.25, 0.3) is 0 Å². The molecule has 1 N–H and O–H groups in total. The number of aryl methyl sites for hydroxylation is 2. The summed E-state index contributed by atoms with van der Waals surface area (Å²) in [7, 11) is 3.06. The largest absolute Gasteiger partial charge is 0.359 e. The average molecular weight is 308 g/mol. The van der Waals surface area contributed by atoms with Crippen molar-refractivity contribution in [1.29, 1.82) is 0 Å². The van der Waals surface area contributed by atoms with Crippen molar-refractivity contribution in [2.75, 3.05) is 7.05 Å². The number of nitrogens with zero attached hydrogens (tertiary/aromatic N) is 2. The second kappa shape index (κ2) is 6.91. The Bertz CT molecular complexity index is 539. The number of rotatable bonds is 7. The minimum Gasteiger partial charge on any atom is -0.359 e. The van der Waals surface area contributed by atoms with Gasteiger partial charge in [0, 0.05) is 43.3 Å². The molecule has 0 atom stereocenters. The summed E-state index contributed by atoms with van der Waals surface area (Å²) in [5.74, 6) is 0.640. The van der Waals surface area contributed by atoms with Gasteiger partial charge in [0.1, 0.15) is 5.82 Å². The molecule has 1 aromatic heterocycles. The standard InChI is InChI=1S/C11H18ClN3O3S/c1-3-5-9-14-11(19(12,17)18)8-15(9)7-4-6-10(16)13-2/h8H,3-7H2,1-2H3,(H,13,16).